The van der Waals surface area contributed by atoms with Crippen LogP contribution in [-0.2, 0) is 9.53 Å². The van der Waals surface area contributed by atoms with Crippen molar-refractivity contribution in [2.75, 3.05) is 13.2 Å². The van der Waals surface area contributed by atoms with Gasteiger partial charge in [0.15, 0.2) is 0 Å². The van der Waals surface area contributed by atoms with E-state index in [0.717, 1.165) is 31.4 Å². The van der Waals surface area contributed by atoms with E-state index in [1.54, 1.807) is 0 Å². The third kappa shape index (κ3) is 6.84. The lowest BCUT2D eigenvalue weighted by molar-refractivity contribution is -0.143. The summed E-state index contributed by atoms with van der Waals surface area (Å²) in [6.45, 7) is 3.12. The highest BCUT2D eigenvalue weighted by molar-refractivity contribution is 5.79. The molecule has 0 fully saturated rings. The highest BCUT2D eigenvalue weighted by Crippen LogP contribution is 2.02. The van der Waals surface area contributed by atoms with Gasteiger partial charge in [-0.2, -0.15) is 0 Å². The molecule has 0 unspecified atom stereocenters. The quantitative estimate of drug-likeness (QED) is 0.402. The molecule has 0 aromatic heterocycles. The van der Waals surface area contributed by atoms with Crippen LogP contribution in [-0.4, -0.2) is 25.3 Å². The number of carbonyl (C=O) groups excluding carboxylic acids is 1. The summed E-state index contributed by atoms with van der Waals surface area (Å²) >= 11 is 0. The van der Waals surface area contributed by atoms with Crippen LogP contribution in [0.5, 0.6) is 0 Å². The molecule has 1 aromatic rings. The molecule has 3 heteroatoms. The Morgan fingerprint density at radius 1 is 1.22 bits per heavy atom. The normalized spacial score (nSPS) is 10.7. The fourth-order valence-corrected chi connectivity index (χ4v) is 1.59. The SMILES string of the molecule is CCOC(=O)CCCCCN=Cc1ccccc1. The standard InChI is InChI=1S/C15H21NO2/c1-2-18-15(17)11-7-4-8-12-16-13-14-9-5-3-6-10-14/h3,5-6,9-10,13H,2,4,7-8,11-12H2,1H3. The van der Waals surface area contributed by atoms with Gasteiger partial charge in [-0.1, -0.05) is 36.8 Å². The van der Waals surface area contributed by atoms with Crippen molar-refractivity contribution < 1.29 is 9.53 Å². The van der Waals surface area contributed by atoms with Gasteiger partial charge in [-0.3, -0.25) is 9.79 Å². The van der Waals surface area contributed by atoms with Gasteiger partial charge in [0.1, 0.15) is 0 Å². The van der Waals surface area contributed by atoms with Crippen molar-refractivity contribution in [3.8, 4) is 0 Å². The number of unbranched alkanes of at least 4 members (excludes halogenated alkanes) is 2. The molecule has 18 heavy (non-hydrogen) atoms. The van der Waals surface area contributed by atoms with Crippen LogP contribution in [0, 0.1) is 0 Å². The van der Waals surface area contributed by atoms with Crippen LogP contribution in [0.15, 0.2) is 35.3 Å². The fraction of sp³-hybridized carbons (Fsp3) is 0.467. The molecule has 0 spiro atoms. The van der Waals surface area contributed by atoms with Gasteiger partial charge in [-0.05, 0) is 25.3 Å². The Balaban J connectivity index is 2.02. The molecule has 0 bridgehead atoms. The Labute approximate surface area is 109 Å². The van der Waals surface area contributed by atoms with Crippen LogP contribution in [0.25, 0.3) is 0 Å². The number of benzene rings is 1. The van der Waals surface area contributed by atoms with Crippen LogP contribution in [0.3, 0.4) is 0 Å². The summed E-state index contributed by atoms with van der Waals surface area (Å²) in [5.41, 5.74) is 1.13. The summed E-state index contributed by atoms with van der Waals surface area (Å²) in [6, 6.07) is 10.1. The number of hydrogen-bond donors (Lipinski definition) is 0. The van der Waals surface area contributed by atoms with Gasteiger partial charge in [-0.25, -0.2) is 0 Å². The minimum Gasteiger partial charge on any atom is -0.466 e. The first-order valence-electron chi connectivity index (χ1n) is 6.53. The maximum Gasteiger partial charge on any atom is 0.305 e. The molecule has 0 aliphatic heterocycles. The second-order valence-electron chi connectivity index (χ2n) is 4.06. The number of carbonyl (C=O) groups is 1. The summed E-state index contributed by atoms with van der Waals surface area (Å²) in [5, 5.41) is 0. The molecule has 0 aliphatic carbocycles. The van der Waals surface area contributed by atoms with E-state index in [4.69, 9.17) is 4.74 Å². The number of nitrogens with zero attached hydrogens (tertiary/aromatic N) is 1. The number of aliphatic imine (C=N–C) groups is 1. The third-order valence-electron chi connectivity index (χ3n) is 2.51. The number of esters is 1. The Kier molecular flexibility index (Phi) is 7.53. The van der Waals surface area contributed by atoms with Crippen LogP contribution >= 0.6 is 0 Å². The summed E-state index contributed by atoms with van der Waals surface area (Å²) in [4.78, 5) is 15.4. The molecule has 0 atom stereocenters. The van der Waals surface area contributed by atoms with Gasteiger partial charge in [0.2, 0.25) is 0 Å². The molecule has 0 heterocycles. The molecule has 3 nitrogen and oxygen atoms in total. The highest BCUT2D eigenvalue weighted by Gasteiger charge is 1.99. The number of hydrogen-bond acceptors (Lipinski definition) is 3. The second-order valence-corrected chi connectivity index (χ2v) is 4.06. The van der Waals surface area contributed by atoms with Gasteiger partial charge in [0.25, 0.3) is 0 Å². The van der Waals surface area contributed by atoms with E-state index in [9.17, 15) is 4.79 Å². The minimum atomic E-state index is -0.0923. The van der Waals surface area contributed by atoms with Crippen LogP contribution in [0.2, 0.25) is 0 Å². The fourth-order valence-electron chi connectivity index (χ4n) is 1.59. The lowest BCUT2D eigenvalue weighted by atomic mass is 10.2. The van der Waals surface area contributed by atoms with E-state index in [-0.39, 0.29) is 5.97 Å². The molecule has 98 valence electrons. The molecule has 1 rings (SSSR count). The molecule has 0 saturated carbocycles. The van der Waals surface area contributed by atoms with E-state index >= 15 is 0 Å². The summed E-state index contributed by atoms with van der Waals surface area (Å²) in [7, 11) is 0. The molecule has 1 aromatic carbocycles. The van der Waals surface area contributed by atoms with Gasteiger partial charge < -0.3 is 4.74 Å². The second kappa shape index (κ2) is 9.40. The van der Waals surface area contributed by atoms with Crippen molar-refractivity contribution in [3.63, 3.8) is 0 Å². The molecular formula is C15H21NO2. The van der Waals surface area contributed by atoms with E-state index in [1.807, 2.05) is 43.5 Å². The Bertz CT molecular complexity index is 360. The largest absolute Gasteiger partial charge is 0.466 e. The van der Waals surface area contributed by atoms with Crippen molar-refractivity contribution in [2.45, 2.75) is 32.6 Å². The lowest BCUT2D eigenvalue weighted by Gasteiger charge is -2.00. The zero-order valence-corrected chi connectivity index (χ0v) is 11.0. The first-order chi connectivity index (χ1) is 8.83. The van der Waals surface area contributed by atoms with Crippen molar-refractivity contribution in [1.29, 1.82) is 0 Å². The number of rotatable bonds is 8. The summed E-state index contributed by atoms with van der Waals surface area (Å²) in [5.74, 6) is -0.0923. The molecule has 0 N–H and O–H groups in total. The van der Waals surface area contributed by atoms with Gasteiger partial charge in [-0.15, -0.1) is 0 Å². The smallest absolute Gasteiger partial charge is 0.305 e. The molecular weight excluding hydrogens is 226 g/mol. The molecule has 0 radical (unpaired) electrons. The molecule has 0 amide bonds. The average molecular weight is 247 g/mol. The Morgan fingerprint density at radius 3 is 2.72 bits per heavy atom. The number of ether oxygens (including phenoxy) is 1. The van der Waals surface area contributed by atoms with Crippen LogP contribution in [0.4, 0.5) is 0 Å². The third-order valence-corrected chi connectivity index (χ3v) is 2.51. The minimum absolute atomic E-state index is 0.0923. The summed E-state index contributed by atoms with van der Waals surface area (Å²) in [6.07, 6.45) is 5.34. The van der Waals surface area contributed by atoms with Crippen LogP contribution < -0.4 is 0 Å². The maximum atomic E-state index is 11.1. The maximum absolute atomic E-state index is 11.1. The zero-order valence-electron chi connectivity index (χ0n) is 11.0. The van der Waals surface area contributed by atoms with Gasteiger partial charge >= 0.3 is 5.97 Å². The van der Waals surface area contributed by atoms with Crippen LogP contribution in [0.1, 0.15) is 38.2 Å². The Morgan fingerprint density at radius 2 is 2.00 bits per heavy atom. The van der Waals surface area contributed by atoms with E-state index in [0.29, 0.717) is 13.0 Å². The topological polar surface area (TPSA) is 38.7 Å². The highest BCUT2D eigenvalue weighted by atomic mass is 16.5. The van der Waals surface area contributed by atoms with Gasteiger partial charge in [0.05, 0.1) is 6.61 Å². The van der Waals surface area contributed by atoms with E-state index in [2.05, 4.69) is 4.99 Å². The Hall–Kier alpha value is -1.64. The van der Waals surface area contributed by atoms with E-state index < -0.39 is 0 Å². The van der Waals surface area contributed by atoms with Crippen molar-refractivity contribution in [3.05, 3.63) is 35.9 Å². The lowest BCUT2D eigenvalue weighted by Crippen LogP contribution is -2.03. The molecule has 0 aliphatic rings. The predicted octanol–water partition coefficient (Wildman–Crippen LogP) is 3.23. The van der Waals surface area contributed by atoms with Crippen molar-refractivity contribution in [1.82, 2.24) is 0 Å². The molecule has 0 saturated heterocycles. The predicted molar refractivity (Wildman–Crippen MR) is 74.0 cm³/mol. The van der Waals surface area contributed by atoms with E-state index in [1.165, 1.54) is 0 Å². The monoisotopic (exact) mass is 247 g/mol. The summed E-state index contributed by atoms with van der Waals surface area (Å²) < 4.78 is 4.86. The average Bonchev–Trinajstić information content (AvgIpc) is 2.39. The first kappa shape index (κ1) is 14.4. The van der Waals surface area contributed by atoms with Crippen molar-refractivity contribution in [2.24, 2.45) is 4.99 Å². The first-order valence-corrected chi connectivity index (χ1v) is 6.53. The van der Waals surface area contributed by atoms with Crippen molar-refractivity contribution >= 4 is 12.2 Å². The van der Waals surface area contributed by atoms with Gasteiger partial charge in [0, 0.05) is 19.2 Å². The zero-order chi connectivity index (χ0) is 13.1.